The number of benzene rings is 1. The second kappa shape index (κ2) is 6.25. The third-order valence-corrected chi connectivity index (χ3v) is 4.56. The third-order valence-electron chi connectivity index (χ3n) is 4.10. The van der Waals surface area contributed by atoms with Crippen molar-refractivity contribution in [3.63, 3.8) is 0 Å². The maximum atomic E-state index is 6.06. The van der Waals surface area contributed by atoms with Gasteiger partial charge in [0, 0.05) is 29.8 Å². The van der Waals surface area contributed by atoms with Gasteiger partial charge in [0.25, 0.3) is 0 Å². The van der Waals surface area contributed by atoms with E-state index in [1.807, 2.05) is 0 Å². The molecule has 0 amide bonds. The van der Waals surface area contributed by atoms with Crippen LogP contribution in [0, 0.1) is 6.92 Å². The van der Waals surface area contributed by atoms with Crippen LogP contribution in [0.2, 0.25) is 0 Å². The van der Waals surface area contributed by atoms with Gasteiger partial charge in [-0.2, -0.15) is 0 Å². The number of aryl methyl sites for hydroxylation is 1. The highest BCUT2D eigenvalue weighted by Gasteiger charge is 2.32. The number of anilines is 1. The molecule has 1 heterocycles. The summed E-state index contributed by atoms with van der Waals surface area (Å²) < 4.78 is 1.12. The summed E-state index contributed by atoms with van der Waals surface area (Å²) in [7, 11) is 0. The molecule has 3 nitrogen and oxygen atoms in total. The molecule has 0 bridgehead atoms. The summed E-state index contributed by atoms with van der Waals surface area (Å²) in [6, 6.07) is 6.45. The lowest BCUT2D eigenvalue weighted by molar-refractivity contribution is 0.184. The van der Waals surface area contributed by atoms with Crippen LogP contribution in [-0.2, 0) is 0 Å². The Kier molecular flexibility index (Phi) is 4.87. The van der Waals surface area contributed by atoms with Crippen LogP contribution in [0.4, 0.5) is 5.69 Å². The standard InChI is InChI=1S/C15H24BrN3/c1-3-19-6-4-15(11-17,5-7-19)18-14-9-12(2)8-13(16)10-14/h8-10,18H,3-7,11,17H2,1-2H3. The Hall–Kier alpha value is -0.580. The molecule has 1 fully saturated rings. The van der Waals surface area contributed by atoms with Crippen molar-refractivity contribution in [1.82, 2.24) is 4.90 Å². The average molecular weight is 326 g/mol. The average Bonchev–Trinajstić information content (AvgIpc) is 2.38. The molecule has 1 aliphatic rings. The topological polar surface area (TPSA) is 41.3 Å². The van der Waals surface area contributed by atoms with Gasteiger partial charge in [0.2, 0.25) is 0 Å². The molecule has 3 N–H and O–H groups in total. The molecule has 4 heteroatoms. The van der Waals surface area contributed by atoms with E-state index < -0.39 is 0 Å². The lowest BCUT2D eigenvalue weighted by Gasteiger charge is -2.42. The van der Waals surface area contributed by atoms with Crippen LogP contribution in [-0.4, -0.2) is 36.6 Å². The second-order valence-electron chi connectivity index (χ2n) is 5.56. The molecule has 2 rings (SSSR count). The van der Waals surface area contributed by atoms with Crippen molar-refractivity contribution < 1.29 is 0 Å². The minimum Gasteiger partial charge on any atom is -0.378 e. The first kappa shape index (κ1) is 14.8. The van der Waals surface area contributed by atoms with E-state index in [0.29, 0.717) is 6.54 Å². The summed E-state index contributed by atoms with van der Waals surface area (Å²) in [4.78, 5) is 2.49. The molecule has 19 heavy (non-hydrogen) atoms. The van der Waals surface area contributed by atoms with Gasteiger partial charge in [-0.05, 0) is 50.1 Å². The second-order valence-corrected chi connectivity index (χ2v) is 6.48. The molecule has 0 atom stereocenters. The Morgan fingerprint density at radius 3 is 2.53 bits per heavy atom. The number of nitrogens with two attached hydrogens (primary N) is 1. The normalized spacial score (nSPS) is 19.4. The summed E-state index contributed by atoms with van der Waals surface area (Å²) in [5, 5.41) is 3.69. The fraction of sp³-hybridized carbons (Fsp3) is 0.600. The zero-order chi connectivity index (χ0) is 13.9. The first-order valence-electron chi connectivity index (χ1n) is 7.05. The third kappa shape index (κ3) is 3.71. The van der Waals surface area contributed by atoms with Gasteiger partial charge in [0.15, 0.2) is 0 Å². The molecule has 0 aliphatic carbocycles. The Bertz CT molecular complexity index is 405. The summed E-state index contributed by atoms with van der Waals surface area (Å²) in [6.07, 6.45) is 2.23. The van der Waals surface area contributed by atoms with Crippen molar-refractivity contribution in [2.24, 2.45) is 5.73 Å². The maximum absolute atomic E-state index is 6.06. The van der Waals surface area contributed by atoms with Gasteiger partial charge in [0.1, 0.15) is 0 Å². The van der Waals surface area contributed by atoms with E-state index in [1.165, 1.54) is 11.3 Å². The Morgan fingerprint density at radius 2 is 2.00 bits per heavy atom. The van der Waals surface area contributed by atoms with Gasteiger partial charge < -0.3 is 16.0 Å². The molecule has 1 aliphatic heterocycles. The van der Waals surface area contributed by atoms with Gasteiger partial charge in [-0.25, -0.2) is 0 Å². The van der Waals surface area contributed by atoms with E-state index in [4.69, 9.17) is 5.73 Å². The van der Waals surface area contributed by atoms with E-state index >= 15 is 0 Å². The van der Waals surface area contributed by atoms with E-state index in [-0.39, 0.29) is 5.54 Å². The fourth-order valence-electron chi connectivity index (χ4n) is 2.79. The van der Waals surface area contributed by atoms with Crippen molar-refractivity contribution in [3.8, 4) is 0 Å². The van der Waals surface area contributed by atoms with E-state index in [9.17, 15) is 0 Å². The van der Waals surface area contributed by atoms with Crippen LogP contribution in [0.5, 0.6) is 0 Å². The van der Waals surface area contributed by atoms with Gasteiger partial charge in [-0.1, -0.05) is 22.9 Å². The highest BCUT2D eigenvalue weighted by atomic mass is 79.9. The van der Waals surface area contributed by atoms with Crippen LogP contribution in [0.1, 0.15) is 25.3 Å². The zero-order valence-corrected chi connectivity index (χ0v) is 13.5. The van der Waals surface area contributed by atoms with Gasteiger partial charge in [-0.3, -0.25) is 0 Å². The van der Waals surface area contributed by atoms with Crippen LogP contribution in [0.3, 0.4) is 0 Å². The van der Waals surface area contributed by atoms with Crippen LogP contribution < -0.4 is 11.1 Å². The largest absolute Gasteiger partial charge is 0.378 e. The van der Waals surface area contributed by atoms with Gasteiger partial charge >= 0.3 is 0 Å². The maximum Gasteiger partial charge on any atom is 0.0520 e. The van der Waals surface area contributed by atoms with Gasteiger partial charge in [-0.15, -0.1) is 0 Å². The van der Waals surface area contributed by atoms with Crippen molar-refractivity contribution in [3.05, 3.63) is 28.2 Å². The van der Waals surface area contributed by atoms with Crippen molar-refractivity contribution in [2.45, 2.75) is 32.2 Å². The quantitative estimate of drug-likeness (QED) is 0.894. The molecule has 1 aromatic rings. The first-order valence-corrected chi connectivity index (χ1v) is 7.84. The van der Waals surface area contributed by atoms with Gasteiger partial charge in [0.05, 0.1) is 5.54 Å². The lowest BCUT2D eigenvalue weighted by atomic mass is 9.87. The number of piperidine rings is 1. The molecule has 0 unspecified atom stereocenters. The highest BCUT2D eigenvalue weighted by molar-refractivity contribution is 9.10. The summed E-state index contributed by atoms with van der Waals surface area (Å²) in [5.41, 5.74) is 8.54. The summed E-state index contributed by atoms with van der Waals surface area (Å²) in [6.45, 7) is 8.43. The molecule has 0 spiro atoms. The number of halogens is 1. The zero-order valence-electron chi connectivity index (χ0n) is 11.9. The monoisotopic (exact) mass is 325 g/mol. The Morgan fingerprint density at radius 1 is 1.32 bits per heavy atom. The number of hydrogen-bond donors (Lipinski definition) is 2. The number of hydrogen-bond acceptors (Lipinski definition) is 3. The van der Waals surface area contributed by atoms with Crippen LogP contribution in [0.25, 0.3) is 0 Å². The molecule has 1 saturated heterocycles. The number of nitrogens with zero attached hydrogens (tertiary/aromatic N) is 1. The van der Waals surface area contributed by atoms with E-state index in [2.05, 4.69) is 58.2 Å². The smallest absolute Gasteiger partial charge is 0.0520 e. The van der Waals surface area contributed by atoms with E-state index in [1.54, 1.807) is 0 Å². The molecular formula is C15H24BrN3. The number of nitrogens with one attached hydrogen (secondary N) is 1. The molecule has 106 valence electrons. The lowest BCUT2D eigenvalue weighted by Crippen LogP contribution is -2.53. The summed E-state index contributed by atoms with van der Waals surface area (Å²) in [5.74, 6) is 0. The van der Waals surface area contributed by atoms with Crippen molar-refractivity contribution >= 4 is 21.6 Å². The SMILES string of the molecule is CCN1CCC(CN)(Nc2cc(C)cc(Br)c2)CC1. The predicted octanol–water partition coefficient (Wildman–Crippen LogP) is 2.98. The molecule has 0 radical (unpaired) electrons. The molecule has 1 aromatic carbocycles. The number of rotatable bonds is 4. The molecule has 0 saturated carbocycles. The Labute approximate surface area is 124 Å². The first-order chi connectivity index (χ1) is 9.07. The fourth-order valence-corrected chi connectivity index (χ4v) is 3.40. The molecular weight excluding hydrogens is 302 g/mol. The predicted molar refractivity (Wildman–Crippen MR) is 85.6 cm³/mol. The number of likely N-dealkylation sites (tertiary alicyclic amines) is 1. The highest BCUT2D eigenvalue weighted by Crippen LogP contribution is 2.28. The minimum absolute atomic E-state index is 0.0545. The van der Waals surface area contributed by atoms with Crippen LogP contribution >= 0.6 is 15.9 Å². The van der Waals surface area contributed by atoms with Crippen LogP contribution in [0.15, 0.2) is 22.7 Å². The van der Waals surface area contributed by atoms with Crippen molar-refractivity contribution in [2.75, 3.05) is 31.5 Å². The Balaban J connectivity index is 2.10. The molecule has 0 aromatic heterocycles. The summed E-state index contributed by atoms with van der Waals surface area (Å²) >= 11 is 3.56. The van der Waals surface area contributed by atoms with E-state index in [0.717, 1.165) is 36.9 Å². The van der Waals surface area contributed by atoms with Crippen molar-refractivity contribution in [1.29, 1.82) is 0 Å². The minimum atomic E-state index is 0.0545.